The van der Waals surface area contributed by atoms with Crippen molar-refractivity contribution in [3.05, 3.63) is 71.4 Å². The number of para-hydroxylation sites is 1. The van der Waals surface area contributed by atoms with E-state index in [1.54, 1.807) is 21.6 Å². The molecule has 130 valence electrons. The first-order chi connectivity index (χ1) is 12.6. The summed E-state index contributed by atoms with van der Waals surface area (Å²) in [7, 11) is 0. The molecular weight excluding hydrogens is 348 g/mol. The van der Waals surface area contributed by atoms with Crippen molar-refractivity contribution in [2.75, 3.05) is 6.54 Å². The molecule has 0 radical (unpaired) electrons. The number of aromatic nitrogens is 1. The van der Waals surface area contributed by atoms with E-state index >= 15 is 0 Å². The Morgan fingerprint density at radius 3 is 2.46 bits per heavy atom. The standard InChI is InChI=1S/C20H16N2O3S/c23-17(24)12-22-16-9-5-4-8-14(16)15-10-11-21(20(26)18(15)22)19(25)13-6-2-1-3-7-13/h1-9H,10-12H2,(H,23,24). The lowest BCUT2D eigenvalue weighted by Gasteiger charge is -2.29. The summed E-state index contributed by atoms with van der Waals surface area (Å²) < 4.78 is 1.71. The van der Waals surface area contributed by atoms with Crippen LogP contribution < -0.4 is 0 Å². The lowest BCUT2D eigenvalue weighted by Crippen LogP contribution is -2.42. The summed E-state index contributed by atoms with van der Waals surface area (Å²) in [6, 6.07) is 16.7. The highest BCUT2D eigenvalue weighted by Gasteiger charge is 2.32. The molecule has 0 atom stereocenters. The highest BCUT2D eigenvalue weighted by Crippen LogP contribution is 2.32. The Bertz CT molecular complexity index is 1040. The number of carbonyl (C=O) groups excluding carboxylic acids is 1. The van der Waals surface area contributed by atoms with Crippen molar-refractivity contribution in [2.24, 2.45) is 0 Å². The predicted molar refractivity (Wildman–Crippen MR) is 102 cm³/mol. The molecule has 26 heavy (non-hydrogen) atoms. The Morgan fingerprint density at radius 2 is 1.73 bits per heavy atom. The molecule has 1 amide bonds. The average molecular weight is 364 g/mol. The maximum absolute atomic E-state index is 12.9. The monoisotopic (exact) mass is 364 g/mol. The molecule has 3 aromatic rings. The van der Waals surface area contributed by atoms with Crippen LogP contribution in [0.5, 0.6) is 0 Å². The third kappa shape index (κ3) is 2.59. The van der Waals surface area contributed by atoms with E-state index in [0.717, 1.165) is 16.5 Å². The lowest BCUT2D eigenvalue weighted by molar-refractivity contribution is -0.137. The molecule has 0 bridgehead atoms. The van der Waals surface area contributed by atoms with Crippen molar-refractivity contribution < 1.29 is 14.7 Å². The summed E-state index contributed by atoms with van der Waals surface area (Å²) in [5.41, 5.74) is 3.08. The minimum atomic E-state index is -0.942. The Hall–Kier alpha value is -2.99. The van der Waals surface area contributed by atoms with E-state index in [4.69, 9.17) is 12.2 Å². The molecule has 1 N–H and O–H groups in total. The first-order valence-corrected chi connectivity index (χ1v) is 8.72. The number of hydrogen-bond donors (Lipinski definition) is 1. The van der Waals surface area contributed by atoms with Gasteiger partial charge in [0.15, 0.2) is 0 Å². The molecule has 5 nitrogen and oxygen atoms in total. The van der Waals surface area contributed by atoms with Crippen LogP contribution in [0.2, 0.25) is 0 Å². The molecule has 6 heteroatoms. The van der Waals surface area contributed by atoms with Gasteiger partial charge in [-0.15, -0.1) is 0 Å². The second kappa shape index (κ2) is 6.38. The van der Waals surface area contributed by atoms with Crippen LogP contribution in [0.1, 0.15) is 21.6 Å². The van der Waals surface area contributed by atoms with Gasteiger partial charge in [0, 0.05) is 23.0 Å². The molecule has 0 saturated heterocycles. The Morgan fingerprint density at radius 1 is 1.04 bits per heavy atom. The van der Waals surface area contributed by atoms with E-state index < -0.39 is 5.97 Å². The number of carboxylic acid groups (broad SMARTS) is 1. The zero-order chi connectivity index (χ0) is 18.3. The Labute approximate surface area is 155 Å². The van der Waals surface area contributed by atoms with Gasteiger partial charge in [-0.2, -0.15) is 0 Å². The summed E-state index contributed by atoms with van der Waals surface area (Å²) >= 11 is 5.63. The normalized spacial score (nSPS) is 13.7. The summed E-state index contributed by atoms with van der Waals surface area (Å²) in [6.45, 7) is 0.296. The molecule has 0 aliphatic carbocycles. The zero-order valence-corrected chi connectivity index (χ0v) is 14.7. The summed E-state index contributed by atoms with van der Waals surface area (Å²) in [4.78, 5) is 26.2. The van der Waals surface area contributed by atoms with E-state index in [2.05, 4.69) is 0 Å². The molecule has 1 aliphatic rings. The Balaban J connectivity index is 1.83. The van der Waals surface area contributed by atoms with Crippen LogP contribution in [0.15, 0.2) is 54.6 Å². The van der Waals surface area contributed by atoms with Gasteiger partial charge in [-0.1, -0.05) is 48.6 Å². The van der Waals surface area contributed by atoms with Gasteiger partial charge in [-0.3, -0.25) is 14.5 Å². The van der Waals surface area contributed by atoms with E-state index in [9.17, 15) is 14.7 Å². The fraction of sp³-hybridized carbons (Fsp3) is 0.150. The van der Waals surface area contributed by atoms with Gasteiger partial charge >= 0.3 is 5.97 Å². The smallest absolute Gasteiger partial charge is 0.323 e. The van der Waals surface area contributed by atoms with Crippen molar-refractivity contribution in [1.29, 1.82) is 0 Å². The fourth-order valence-electron chi connectivity index (χ4n) is 3.56. The predicted octanol–water partition coefficient (Wildman–Crippen LogP) is 3.10. The number of amides is 1. The number of fused-ring (bicyclic) bond motifs is 3. The maximum Gasteiger partial charge on any atom is 0.323 e. The van der Waals surface area contributed by atoms with E-state index in [-0.39, 0.29) is 12.5 Å². The first-order valence-electron chi connectivity index (χ1n) is 8.31. The van der Waals surface area contributed by atoms with Crippen LogP contribution in [-0.2, 0) is 17.8 Å². The zero-order valence-electron chi connectivity index (χ0n) is 13.9. The van der Waals surface area contributed by atoms with Crippen LogP contribution in [0, 0.1) is 0 Å². The summed E-state index contributed by atoms with van der Waals surface area (Å²) in [5.74, 6) is -1.10. The minimum Gasteiger partial charge on any atom is -0.480 e. The molecule has 2 heterocycles. The maximum atomic E-state index is 12.9. The number of nitrogens with zero attached hydrogens (tertiary/aromatic N) is 2. The van der Waals surface area contributed by atoms with Crippen molar-refractivity contribution in [1.82, 2.24) is 9.47 Å². The lowest BCUT2D eigenvalue weighted by atomic mass is 10.0. The third-order valence-corrected chi connectivity index (χ3v) is 5.08. The van der Waals surface area contributed by atoms with E-state index in [1.807, 2.05) is 42.5 Å². The Kier molecular flexibility index (Phi) is 4.05. The van der Waals surface area contributed by atoms with Gasteiger partial charge in [-0.05, 0) is 30.2 Å². The number of carbonyl (C=O) groups is 2. The van der Waals surface area contributed by atoms with Gasteiger partial charge in [0.05, 0.1) is 5.69 Å². The number of rotatable bonds is 3. The summed E-state index contributed by atoms with van der Waals surface area (Å²) in [5, 5.41) is 10.3. The van der Waals surface area contributed by atoms with Crippen LogP contribution in [-0.4, -0.2) is 38.0 Å². The molecule has 1 aromatic heterocycles. The van der Waals surface area contributed by atoms with Gasteiger partial charge in [0.1, 0.15) is 11.5 Å². The van der Waals surface area contributed by atoms with E-state index in [0.29, 0.717) is 29.2 Å². The molecule has 0 spiro atoms. The highest BCUT2D eigenvalue weighted by atomic mass is 32.1. The van der Waals surface area contributed by atoms with Gasteiger partial charge in [0.25, 0.3) is 5.91 Å². The number of hydrogen-bond acceptors (Lipinski definition) is 3. The highest BCUT2D eigenvalue weighted by molar-refractivity contribution is 7.80. The van der Waals surface area contributed by atoms with Crippen molar-refractivity contribution in [3.8, 4) is 0 Å². The number of benzene rings is 2. The number of aliphatic carboxylic acids is 1. The van der Waals surface area contributed by atoms with E-state index in [1.165, 1.54) is 0 Å². The van der Waals surface area contributed by atoms with Crippen molar-refractivity contribution >= 4 is 40.0 Å². The minimum absolute atomic E-state index is 0.159. The third-order valence-electron chi connectivity index (χ3n) is 4.67. The molecule has 0 unspecified atom stereocenters. The largest absolute Gasteiger partial charge is 0.480 e. The quantitative estimate of drug-likeness (QED) is 0.726. The topological polar surface area (TPSA) is 62.5 Å². The molecule has 4 rings (SSSR count). The first kappa shape index (κ1) is 16.5. The van der Waals surface area contributed by atoms with Gasteiger partial charge in [0.2, 0.25) is 0 Å². The molecule has 1 aliphatic heterocycles. The van der Waals surface area contributed by atoms with Gasteiger partial charge in [-0.25, -0.2) is 0 Å². The fourth-order valence-corrected chi connectivity index (χ4v) is 3.96. The van der Waals surface area contributed by atoms with Gasteiger partial charge < -0.3 is 9.67 Å². The molecule has 2 aromatic carbocycles. The second-order valence-corrected chi connectivity index (χ2v) is 6.59. The second-order valence-electron chi connectivity index (χ2n) is 6.20. The molecular formula is C20H16N2O3S. The SMILES string of the molecule is O=C(O)Cn1c2c(c3ccccc31)CCN(C(=O)c1ccccc1)C2=S. The number of thiocarbonyl (C=S) groups is 1. The van der Waals surface area contributed by atoms with Crippen LogP contribution in [0.3, 0.4) is 0 Å². The number of carboxylic acids is 1. The van der Waals surface area contributed by atoms with Crippen LogP contribution in [0.4, 0.5) is 0 Å². The van der Waals surface area contributed by atoms with Crippen molar-refractivity contribution in [3.63, 3.8) is 0 Å². The summed E-state index contributed by atoms with van der Waals surface area (Å²) in [6.07, 6.45) is 0.640. The van der Waals surface area contributed by atoms with Crippen molar-refractivity contribution in [2.45, 2.75) is 13.0 Å². The molecule has 0 fully saturated rings. The van der Waals surface area contributed by atoms with Crippen LogP contribution >= 0.6 is 12.2 Å². The molecule has 0 saturated carbocycles. The average Bonchev–Trinajstić information content (AvgIpc) is 2.97. The van der Waals surface area contributed by atoms with Crippen LogP contribution in [0.25, 0.3) is 10.9 Å².